The summed E-state index contributed by atoms with van der Waals surface area (Å²) in [5, 5.41) is 9.70. The first-order chi connectivity index (χ1) is 9.06. The zero-order valence-corrected chi connectivity index (χ0v) is 12.1. The van der Waals surface area contributed by atoms with Gasteiger partial charge in [-0.05, 0) is 35.9 Å². The second kappa shape index (κ2) is 6.08. The van der Waals surface area contributed by atoms with Gasteiger partial charge in [0.2, 0.25) is 0 Å². The molecular formula is C14H10BrClO3. The van der Waals surface area contributed by atoms with Crippen LogP contribution < -0.4 is 4.74 Å². The first kappa shape index (κ1) is 13.9. The van der Waals surface area contributed by atoms with Gasteiger partial charge in [0.15, 0.2) is 0 Å². The van der Waals surface area contributed by atoms with E-state index in [1.165, 1.54) is 6.07 Å². The molecule has 0 aromatic heterocycles. The fraction of sp³-hybridized carbons (Fsp3) is 0.0714. The van der Waals surface area contributed by atoms with Gasteiger partial charge in [-0.25, -0.2) is 4.79 Å². The smallest absolute Gasteiger partial charge is 0.339 e. The van der Waals surface area contributed by atoms with Gasteiger partial charge in [0.1, 0.15) is 17.9 Å². The SMILES string of the molecule is O=C(O)c1ccc(Br)cc1OCc1cccc(Cl)c1. The molecule has 3 nitrogen and oxygen atoms in total. The van der Waals surface area contributed by atoms with E-state index in [0.29, 0.717) is 10.8 Å². The van der Waals surface area contributed by atoms with Crippen molar-refractivity contribution in [3.63, 3.8) is 0 Å². The number of hydrogen-bond acceptors (Lipinski definition) is 2. The minimum absolute atomic E-state index is 0.130. The van der Waals surface area contributed by atoms with Gasteiger partial charge in [0.05, 0.1) is 0 Å². The highest BCUT2D eigenvalue weighted by molar-refractivity contribution is 9.10. The maximum Gasteiger partial charge on any atom is 0.339 e. The van der Waals surface area contributed by atoms with E-state index in [9.17, 15) is 4.79 Å². The van der Waals surface area contributed by atoms with E-state index in [4.69, 9.17) is 21.4 Å². The second-order valence-corrected chi connectivity index (χ2v) is 5.22. The summed E-state index contributed by atoms with van der Waals surface area (Å²) in [7, 11) is 0. The molecule has 0 aliphatic heterocycles. The van der Waals surface area contributed by atoms with Crippen molar-refractivity contribution in [2.24, 2.45) is 0 Å². The van der Waals surface area contributed by atoms with Gasteiger partial charge >= 0.3 is 5.97 Å². The highest BCUT2D eigenvalue weighted by atomic mass is 79.9. The first-order valence-corrected chi connectivity index (χ1v) is 6.63. The fourth-order valence-corrected chi connectivity index (χ4v) is 2.13. The largest absolute Gasteiger partial charge is 0.488 e. The van der Waals surface area contributed by atoms with E-state index in [-0.39, 0.29) is 12.2 Å². The van der Waals surface area contributed by atoms with Crippen molar-refractivity contribution < 1.29 is 14.6 Å². The Hall–Kier alpha value is -1.52. The van der Waals surface area contributed by atoms with E-state index in [1.807, 2.05) is 12.1 Å². The summed E-state index contributed by atoms with van der Waals surface area (Å²) in [6.07, 6.45) is 0. The predicted octanol–water partition coefficient (Wildman–Crippen LogP) is 4.38. The van der Waals surface area contributed by atoms with Crippen LogP contribution in [-0.4, -0.2) is 11.1 Å². The highest BCUT2D eigenvalue weighted by Crippen LogP contribution is 2.25. The highest BCUT2D eigenvalue weighted by Gasteiger charge is 2.11. The lowest BCUT2D eigenvalue weighted by Gasteiger charge is -2.10. The number of benzene rings is 2. The molecule has 0 fully saturated rings. The maximum atomic E-state index is 11.1. The zero-order valence-electron chi connectivity index (χ0n) is 9.77. The third-order valence-electron chi connectivity index (χ3n) is 2.46. The molecule has 0 atom stereocenters. The number of rotatable bonds is 4. The Morgan fingerprint density at radius 1 is 1.26 bits per heavy atom. The van der Waals surface area contributed by atoms with Gasteiger partial charge in [0, 0.05) is 9.50 Å². The molecule has 0 aliphatic carbocycles. The van der Waals surface area contributed by atoms with E-state index in [1.54, 1.807) is 24.3 Å². The Kier molecular flexibility index (Phi) is 4.45. The van der Waals surface area contributed by atoms with Crippen molar-refractivity contribution in [1.82, 2.24) is 0 Å². The van der Waals surface area contributed by atoms with Crippen LogP contribution in [0.1, 0.15) is 15.9 Å². The molecule has 0 saturated heterocycles. The molecule has 1 N–H and O–H groups in total. The Balaban J connectivity index is 2.19. The fourth-order valence-electron chi connectivity index (χ4n) is 1.58. The van der Waals surface area contributed by atoms with Crippen molar-refractivity contribution in [2.45, 2.75) is 6.61 Å². The topological polar surface area (TPSA) is 46.5 Å². The van der Waals surface area contributed by atoms with Crippen LogP contribution in [0.2, 0.25) is 5.02 Å². The summed E-state index contributed by atoms with van der Waals surface area (Å²) in [6.45, 7) is 0.261. The molecule has 0 amide bonds. The molecule has 0 aliphatic rings. The second-order valence-electron chi connectivity index (χ2n) is 3.86. The molecular weight excluding hydrogens is 332 g/mol. The number of aromatic carboxylic acids is 1. The third-order valence-corrected chi connectivity index (χ3v) is 3.19. The molecule has 98 valence electrons. The zero-order chi connectivity index (χ0) is 13.8. The van der Waals surface area contributed by atoms with Gasteiger partial charge in [-0.15, -0.1) is 0 Å². The monoisotopic (exact) mass is 340 g/mol. The number of halogens is 2. The predicted molar refractivity (Wildman–Crippen MR) is 76.9 cm³/mol. The van der Waals surface area contributed by atoms with E-state index >= 15 is 0 Å². The van der Waals surface area contributed by atoms with E-state index < -0.39 is 5.97 Å². The average molecular weight is 342 g/mol. The van der Waals surface area contributed by atoms with Crippen molar-refractivity contribution in [2.75, 3.05) is 0 Å². The number of carboxylic acids is 1. The van der Waals surface area contributed by atoms with Crippen molar-refractivity contribution in [3.05, 3.63) is 63.1 Å². The number of carboxylic acid groups (broad SMARTS) is 1. The number of carbonyl (C=O) groups is 1. The molecule has 2 rings (SSSR count). The molecule has 0 bridgehead atoms. The summed E-state index contributed by atoms with van der Waals surface area (Å²) >= 11 is 9.17. The van der Waals surface area contributed by atoms with E-state index in [0.717, 1.165) is 10.0 Å². The first-order valence-electron chi connectivity index (χ1n) is 5.46. The molecule has 2 aromatic rings. The molecule has 0 unspecified atom stereocenters. The van der Waals surface area contributed by atoms with Crippen LogP contribution in [0.4, 0.5) is 0 Å². The van der Waals surface area contributed by atoms with Gasteiger partial charge < -0.3 is 9.84 Å². The lowest BCUT2D eigenvalue weighted by atomic mass is 10.2. The summed E-state index contributed by atoms with van der Waals surface area (Å²) in [6, 6.07) is 12.0. The molecule has 0 heterocycles. The molecule has 0 spiro atoms. The van der Waals surface area contributed by atoms with Crippen LogP contribution in [0.15, 0.2) is 46.9 Å². The summed E-state index contributed by atoms with van der Waals surface area (Å²) < 4.78 is 6.31. The van der Waals surface area contributed by atoms with Crippen LogP contribution in [0.25, 0.3) is 0 Å². The van der Waals surface area contributed by atoms with Gasteiger partial charge in [-0.2, -0.15) is 0 Å². The van der Waals surface area contributed by atoms with Gasteiger partial charge in [-0.1, -0.05) is 39.7 Å². The molecule has 0 saturated carbocycles. The maximum absolute atomic E-state index is 11.1. The quantitative estimate of drug-likeness (QED) is 0.897. The number of ether oxygens (including phenoxy) is 1. The minimum Gasteiger partial charge on any atom is -0.488 e. The van der Waals surface area contributed by atoms with Crippen LogP contribution in [-0.2, 0) is 6.61 Å². The van der Waals surface area contributed by atoms with Gasteiger partial charge in [0.25, 0.3) is 0 Å². The van der Waals surface area contributed by atoms with Crippen LogP contribution in [0.5, 0.6) is 5.75 Å². The van der Waals surface area contributed by atoms with Crippen molar-refractivity contribution >= 4 is 33.5 Å². The molecule has 2 aromatic carbocycles. The Morgan fingerprint density at radius 2 is 2.05 bits per heavy atom. The lowest BCUT2D eigenvalue weighted by molar-refractivity contribution is 0.0691. The van der Waals surface area contributed by atoms with E-state index in [2.05, 4.69) is 15.9 Å². The Labute approximate surface area is 123 Å². The van der Waals surface area contributed by atoms with Crippen LogP contribution in [0, 0.1) is 0 Å². The molecule has 0 radical (unpaired) electrons. The van der Waals surface area contributed by atoms with Crippen molar-refractivity contribution in [3.8, 4) is 5.75 Å². The van der Waals surface area contributed by atoms with Crippen LogP contribution in [0.3, 0.4) is 0 Å². The minimum atomic E-state index is -1.02. The standard InChI is InChI=1S/C14H10BrClO3/c15-10-4-5-12(14(17)18)13(7-10)19-8-9-2-1-3-11(16)6-9/h1-7H,8H2,(H,17,18). The van der Waals surface area contributed by atoms with Gasteiger partial charge in [-0.3, -0.25) is 0 Å². The third kappa shape index (κ3) is 3.72. The van der Waals surface area contributed by atoms with Crippen molar-refractivity contribution in [1.29, 1.82) is 0 Å². The lowest BCUT2D eigenvalue weighted by Crippen LogP contribution is -2.03. The number of hydrogen-bond donors (Lipinski definition) is 1. The summed E-state index contributed by atoms with van der Waals surface area (Å²) in [5.41, 5.74) is 1.01. The normalized spacial score (nSPS) is 10.2. The van der Waals surface area contributed by atoms with Crippen LogP contribution >= 0.6 is 27.5 Å². The Morgan fingerprint density at radius 3 is 2.74 bits per heavy atom. The summed E-state index contributed by atoms with van der Waals surface area (Å²) in [4.78, 5) is 11.1. The average Bonchev–Trinajstić information content (AvgIpc) is 2.36. The summed E-state index contributed by atoms with van der Waals surface area (Å²) in [5.74, 6) is -0.699. The molecule has 19 heavy (non-hydrogen) atoms. The Bertz CT molecular complexity index is 613. The molecule has 5 heteroatoms.